The number of aryl methyl sites for hydroxylation is 1. The SMILES string of the molecule is O=C(CCn1c(=O)oc2ccccc21)N[C@H](Cc1ccc(Cl)cc1)C(=O)N1CCC(Cn2cncn2)(C2CCCCC2)CC1. The summed E-state index contributed by atoms with van der Waals surface area (Å²) in [5.74, 6) is -0.287. The van der Waals surface area contributed by atoms with E-state index in [1.807, 2.05) is 27.8 Å². The second-order valence-corrected chi connectivity index (χ2v) is 12.7. The number of oxazole rings is 1. The fraction of sp³-hybridized carbons (Fsp3) is 0.485. The van der Waals surface area contributed by atoms with Crippen LogP contribution in [0.15, 0.2) is 70.4 Å². The molecule has 11 heteroatoms. The maximum atomic E-state index is 14.1. The van der Waals surface area contributed by atoms with E-state index in [9.17, 15) is 14.4 Å². The molecule has 1 saturated heterocycles. The van der Waals surface area contributed by atoms with Gasteiger partial charge in [0, 0.05) is 44.0 Å². The third-order valence-electron chi connectivity index (χ3n) is 9.61. The molecule has 2 aromatic carbocycles. The Morgan fingerprint density at radius 3 is 2.52 bits per heavy atom. The molecule has 0 spiro atoms. The van der Waals surface area contributed by atoms with Gasteiger partial charge in [0.2, 0.25) is 11.8 Å². The quantitative estimate of drug-likeness (QED) is 0.272. The molecule has 3 heterocycles. The van der Waals surface area contributed by atoms with Gasteiger partial charge >= 0.3 is 5.76 Å². The van der Waals surface area contributed by atoms with E-state index < -0.39 is 11.8 Å². The van der Waals surface area contributed by atoms with Gasteiger partial charge in [0.15, 0.2) is 5.58 Å². The molecule has 2 aromatic heterocycles. The highest BCUT2D eigenvalue weighted by Crippen LogP contribution is 2.47. The van der Waals surface area contributed by atoms with Gasteiger partial charge in [-0.1, -0.05) is 55.1 Å². The summed E-state index contributed by atoms with van der Waals surface area (Å²) in [5.41, 5.74) is 2.09. The van der Waals surface area contributed by atoms with Crippen LogP contribution in [0.4, 0.5) is 0 Å². The monoisotopic (exact) mass is 618 g/mol. The number of hydrogen-bond acceptors (Lipinski definition) is 6. The summed E-state index contributed by atoms with van der Waals surface area (Å²) in [4.78, 5) is 45.8. The molecule has 0 unspecified atom stereocenters. The average Bonchev–Trinajstić information content (AvgIpc) is 3.67. The first-order valence-electron chi connectivity index (χ1n) is 15.6. The first-order valence-corrected chi connectivity index (χ1v) is 16.0. The topological polar surface area (TPSA) is 115 Å². The number of hydrogen-bond donors (Lipinski definition) is 1. The fourth-order valence-electron chi connectivity index (χ4n) is 7.20. The molecule has 1 aliphatic heterocycles. The fourth-order valence-corrected chi connectivity index (χ4v) is 7.33. The number of carbonyl (C=O) groups is 2. The Morgan fingerprint density at radius 2 is 1.80 bits per heavy atom. The summed E-state index contributed by atoms with van der Waals surface area (Å²) >= 11 is 6.11. The third kappa shape index (κ3) is 6.75. The number of likely N-dealkylation sites (tertiary alicyclic amines) is 1. The number of rotatable bonds is 10. The molecule has 0 radical (unpaired) electrons. The zero-order chi connectivity index (χ0) is 30.5. The summed E-state index contributed by atoms with van der Waals surface area (Å²) in [7, 11) is 0. The smallest absolute Gasteiger partial charge is 0.408 e. The molecule has 1 N–H and O–H groups in total. The second kappa shape index (κ2) is 13.4. The van der Waals surface area contributed by atoms with Crippen molar-refractivity contribution in [1.82, 2.24) is 29.5 Å². The number of piperidine rings is 1. The van der Waals surface area contributed by atoms with Crippen LogP contribution in [0, 0.1) is 11.3 Å². The Hall–Kier alpha value is -3.92. The minimum Gasteiger partial charge on any atom is -0.408 e. The van der Waals surface area contributed by atoms with Crippen molar-refractivity contribution in [2.24, 2.45) is 11.3 Å². The minimum atomic E-state index is -0.737. The van der Waals surface area contributed by atoms with Crippen LogP contribution < -0.4 is 11.1 Å². The van der Waals surface area contributed by atoms with Gasteiger partial charge < -0.3 is 14.6 Å². The van der Waals surface area contributed by atoms with E-state index >= 15 is 0 Å². The molecule has 2 fully saturated rings. The van der Waals surface area contributed by atoms with Crippen LogP contribution in [0.1, 0.15) is 56.9 Å². The van der Waals surface area contributed by atoms with Gasteiger partial charge in [-0.05, 0) is 66.8 Å². The third-order valence-corrected chi connectivity index (χ3v) is 9.86. The molecule has 1 aliphatic carbocycles. The van der Waals surface area contributed by atoms with Gasteiger partial charge in [-0.2, -0.15) is 5.10 Å². The van der Waals surface area contributed by atoms with Crippen molar-refractivity contribution in [3.63, 3.8) is 0 Å². The van der Waals surface area contributed by atoms with Crippen molar-refractivity contribution in [2.45, 2.75) is 76.9 Å². The molecule has 2 aliphatic rings. The normalized spacial score (nSPS) is 17.9. The van der Waals surface area contributed by atoms with Gasteiger partial charge in [0.05, 0.1) is 5.52 Å². The number of nitrogens with zero attached hydrogens (tertiary/aromatic N) is 5. The van der Waals surface area contributed by atoms with Crippen LogP contribution in [0.25, 0.3) is 11.1 Å². The Labute approximate surface area is 261 Å². The Kier molecular flexibility index (Phi) is 9.16. The van der Waals surface area contributed by atoms with Crippen LogP contribution in [0.5, 0.6) is 0 Å². The van der Waals surface area contributed by atoms with Crippen LogP contribution in [0.3, 0.4) is 0 Å². The molecule has 2 amide bonds. The predicted molar refractivity (Wildman–Crippen MR) is 167 cm³/mol. The van der Waals surface area contributed by atoms with Gasteiger partial charge in [-0.15, -0.1) is 0 Å². The number of nitrogens with one attached hydrogen (secondary N) is 1. The van der Waals surface area contributed by atoms with E-state index in [0.29, 0.717) is 41.6 Å². The van der Waals surface area contributed by atoms with E-state index in [4.69, 9.17) is 16.0 Å². The van der Waals surface area contributed by atoms with E-state index in [1.54, 1.807) is 43.0 Å². The molecular formula is C33H39ClN6O4. The largest absolute Gasteiger partial charge is 0.419 e. The maximum absolute atomic E-state index is 14.1. The lowest BCUT2D eigenvalue weighted by atomic mass is 9.63. The van der Waals surface area contributed by atoms with Crippen molar-refractivity contribution in [3.8, 4) is 0 Å². The number of halogens is 1. The minimum absolute atomic E-state index is 0.0382. The first kappa shape index (κ1) is 30.1. The first-order chi connectivity index (χ1) is 21.4. The van der Waals surface area contributed by atoms with E-state index in [0.717, 1.165) is 24.9 Å². The standard InChI is InChI=1S/C33H39ClN6O4/c34-26-12-10-24(11-13-26)20-27(37-30(41)14-17-40-28-8-4-5-9-29(28)44-32(40)43)31(42)38-18-15-33(16-19-38,21-39-23-35-22-36-39)25-6-2-1-3-7-25/h4-5,8-13,22-23,25,27H,1-3,6-7,14-21H2,(H,37,41)/t27-/m1/s1. The second-order valence-electron chi connectivity index (χ2n) is 12.3. The summed E-state index contributed by atoms with van der Waals surface area (Å²) in [6.07, 6.45) is 11.8. The molecule has 232 valence electrons. The molecule has 4 aromatic rings. The molecule has 44 heavy (non-hydrogen) atoms. The van der Waals surface area contributed by atoms with Crippen LogP contribution in [0.2, 0.25) is 5.02 Å². The summed E-state index contributed by atoms with van der Waals surface area (Å²) in [6, 6.07) is 13.7. The van der Waals surface area contributed by atoms with Gasteiger partial charge in [-0.3, -0.25) is 18.8 Å². The number of fused-ring (bicyclic) bond motifs is 1. The lowest BCUT2D eigenvalue weighted by Gasteiger charge is -2.48. The molecular weight excluding hydrogens is 580 g/mol. The highest BCUT2D eigenvalue weighted by atomic mass is 35.5. The number of aromatic nitrogens is 4. The Balaban J connectivity index is 1.15. The number of carbonyl (C=O) groups excluding carboxylic acids is 2. The number of amides is 2. The van der Waals surface area contributed by atoms with Gasteiger partial charge in [0.25, 0.3) is 0 Å². The summed E-state index contributed by atoms with van der Waals surface area (Å²) in [6.45, 7) is 2.23. The van der Waals surface area contributed by atoms with E-state index in [2.05, 4.69) is 15.4 Å². The van der Waals surface area contributed by atoms with Crippen LogP contribution in [-0.4, -0.2) is 55.2 Å². The average molecular weight is 619 g/mol. The Bertz CT molecular complexity index is 1620. The lowest BCUT2D eigenvalue weighted by molar-refractivity contribution is -0.139. The van der Waals surface area contributed by atoms with Crippen LogP contribution in [-0.2, 0) is 29.1 Å². The van der Waals surface area contributed by atoms with E-state index in [-0.39, 0.29) is 30.2 Å². The number of para-hydroxylation sites is 2. The number of benzene rings is 2. The van der Waals surface area contributed by atoms with E-state index in [1.165, 1.54) is 36.7 Å². The van der Waals surface area contributed by atoms with Crippen molar-refractivity contribution in [2.75, 3.05) is 13.1 Å². The van der Waals surface area contributed by atoms with Crippen LogP contribution >= 0.6 is 11.6 Å². The zero-order valence-electron chi connectivity index (χ0n) is 24.9. The lowest BCUT2D eigenvalue weighted by Crippen LogP contribution is -2.54. The Morgan fingerprint density at radius 1 is 1.05 bits per heavy atom. The van der Waals surface area contributed by atoms with Crippen molar-refractivity contribution in [3.05, 3.63) is 82.3 Å². The molecule has 0 bridgehead atoms. The van der Waals surface area contributed by atoms with Crippen molar-refractivity contribution in [1.29, 1.82) is 0 Å². The summed E-state index contributed by atoms with van der Waals surface area (Å²) < 4.78 is 8.71. The molecule has 1 atom stereocenters. The van der Waals surface area contributed by atoms with Crippen molar-refractivity contribution >= 4 is 34.5 Å². The van der Waals surface area contributed by atoms with Gasteiger partial charge in [0.1, 0.15) is 18.7 Å². The maximum Gasteiger partial charge on any atom is 0.419 e. The van der Waals surface area contributed by atoms with Gasteiger partial charge in [-0.25, -0.2) is 9.78 Å². The molecule has 6 rings (SSSR count). The van der Waals surface area contributed by atoms with Crippen molar-refractivity contribution < 1.29 is 14.0 Å². The highest BCUT2D eigenvalue weighted by molar-refractivity contribution is 6.30. The highest BCUT2D eigenvalue weighted by Gasteiger charge is 2.43. The summed E-state index contributed by atoms with van der Waals surface area (Å²) in [5, 5.41) is 8.03. The molecule has 1 saturated carbocycles. The zero-order valence-corrected chi connectivity index (χ0v) is 25.6. The predicted octanol–water partition coefficient (Wildman–Crippen LogP) is 4.85. The molecule has 10 nitrogen and oxygen atoms in total.